The summed E-state index contributed by atoms with van der Waals surface area (Å²) >= 11 is 0. The van der Waals surface area contributed by atoms with Crippen molar-refractivity contribution < 1.29 is 0 Å². The lowest BCUT2D eigenvalue weighted by atomic mass is 9.82. The van der Waals surface area contributed by atoms with Crippen LogP contribution in [0.2, 0.25) is 0 Å². The van der Waals surface area contributed by atoms with Crippen molar-refractivity contribution >= 4 is 10.8 Å². The number of rotatable bonds is 12. The van der Waals surface area contributed by atoms with Crippen LogP contribution >= 0.6 is 0 Å². The molecule has 0 saturated heterocycles. The Morgan fingerprint density at radius 1 is 0.484 bits per heavy atom. The average molecular weight is 413 g/mol. The van der Waals surface area contributed by atoms with Gasteiger partial charge in [-0.25, -0.2) is 0 Å². The van der Waals surface area contributed by atoms with Crippen LogP contribution in [0.4, 0.5) is 0 Å². The Morgan fingerprint density at radius 2 is 1.03 bits per heavy atom. The van der Waals surface area contributed by atoms with E-state index in [-0.39, 0.29) is 0 Å². The minimum absolute atomic E-state index is 1.24. The highest BCUT2D eigenvalue weighted by atomic mass is 14.3. The highest BCUT2D eigenvalue weighted by Crippen LogP contribution is 2.51. The molecule has 0 aliphatic heterocycles. The minimum atomic E-state index is 1.24. The molecule has 3 aromatic carbocycles. The van der Waals surface area contributed by atoms with E-state index in [2.05, 4.69) is 63.2 Å². The fourth-order valence-electron chi connectivity index (χ4n) is 5.70. The maximum atomic E-state index is 2.43. The van der Waals surface area contributed by atoms with E-state index in [1.165, 1.54) is 93.7 Å². The molecular weight excluding hydrogens is 372 g/mol. The maximum absolute atomic E-state index is 2.43. The summed E-state index contributed by atoms with van der Waals surface area (Å²) in [6.07, 6.45) is 15.6. The fraction of sp³-hybridized carbons (Fsp3) is 0.484. The van der Waals surface area contributed by atoms with Crippen LogP contribution in [0.1, 0.15) is 95.2 Å². The van der Waals surface area contributed by atoms with Crippen LogP contribution in [0, 0.1) is 0 Å². The van der Waals surface area contributed by atoms with Gasteiger partial charge in [-0.15, -0.1) is 0 Å². The molecule has 4 rings (SSSR count). The van der Waals surface area contributed by atoms with Crippen LogP contribution in [-0.2, 0) is 19.3 Å². The molecule has 1 aliphatic rings. The first-order valence-corrected chi connectivity index (χ1v) is 13.0. The average Bonchev–Trinajstić information content (AvgIpc) is 3.13. The lowest BCUT2D eigenvalue weighted by Crippen LogP contribution is -2.05. The zero-order chi connectivity index (χ0) is 21.6. The molecule has 0 bridgehead atoms. The Kier molecular flexibility index (Phi) is 7.49. The molecule has 164 valence electrons. The standard InChI is InChI=1S/C31H40/c1-4-7-10-16-23-24(17-11-8-5-2)28-21-15-22-29-25-18-13-14-20-27(25)30(31(28)29)26(23)19-12-9-6-3/h13-15,18,20-22H,4-12,16-17,19H2,1-3H3. The Hall–Kier alpha value is -2.08. The van der Waals surface area contributed by atoms with Gasteiger partial charge in [-0.05, 0) is 88.2 Å². The van der Waals surface area contributed by atoms with E-state index < -0.39 is 0 Å². The van der Waals surface area contributed by atoms with Gasteiger partial charge in [0.25, 0.3) is 0 Å². The van der Waals surface area contributed by atoms with Crippen molar-refractivity contribution in [1.82, 2.24) is 0 Å². The Morgan fingerprint density at radius 3 is 1.68 bits per heavy atom. The summed E-state index contributed by atoms with van der Waals surface area (Å²) in [5.74, 6) is 0. The van der Waals surface area contributed by atoms with Gasteiger partial charge in [0.05, 0.1) is 0 Å². The molecule has 0 saturated carbocycles. The number of unbranched alkanes of at least 4 members (excludes halogenated alkanes) is 6. The maximum Gasteiger partial charge on any atom is -0.00206 e. The van der Waals surface area contributed by atoms with Crippen molar-refractivity contribution in [3.8, 4) is 22.3 Å². The monoisotopic (exact) mass is 412 g/mol. The van der Waals surface area contributed by atoms with E-state index >= 15 is 0 Å². The van der Waals surface area contributed by atoms with Gasteiger partial charge in [0.2, 0.25) is 0 Å². The van der Waals surface area contributed by atoms with Crippen molar-refractivity contribution in [3.63, 3.8) is 0 Å². The molecule has 0 heterocycles. The van der Waals surface area contributed by atoms with Crippen LogP contribution in [-0.4, -0.2) is 0 Å². The van der Waals surface area contributed by atoms with Crippen molar-refractivity contribution in [2.45, 2.75) is 97.8 Å². The largest absolute Gasteiger partial charge is 0.0654 e. The number of benzene rings is 3. The molecule has 0 amide bonds. The summed E-state index contributed by atoms with van der Waals surface area (Å²) in [5, 5.41) is 3.10. The number of hydrogen-bond acceptors (Lipinski definition) is 0. The highest BCUT2D eigenvalue weighted by molar-refractivity contribution is 6.17. The molecule has 3 aromatic rings. The van der Waals surface area contributed by atoms with Gasteiger partial charge in [0.1, 0.15) is 0 Å². The molecule has 0 nitrogen and oxygen atoms in total. The molecule has 0 aromatic heterocycles. The second-order valence-corrected chi connectivity index (χ2v) is 9.46. The summed E-state index contributed by atoms with van der Waals surface area (Å²) in [5.41, 5.74) is 11.1. The Labute approximate surface area is 190 Å². The van der Waals surface area contributed by atoms with Crippen LogP contribution in [0.25, 0.3) is 33.0 Å². The van der Waals surface area contributed by atoms with Crippen LogP contribution in [0.5, 0.6) is 0 Å². The van der Waals surface area contributed by atoms with Crippen LogP contribution < -0.4 is 0 Å². The molecule has 0 radical (unpaired) electrons. The first kappa shape index (κ1) is 22.1. The second kappa shape index (κ2) is 10.5. The summed E-state index contributed by atoms with van der Waals surface area (Å²) in [7, 11) is 0. The van der Waals surface area contributed by atoms with Gasteiger partial charge in [0, 0.05) is 0 Å². The fourth-order valence-corrected chi connectivity index (χ4v) is 5.70. The molecule has 0 N–H and O–H groups in total. The molecule has 0 spiro atoms. The molecule has 0 atom stereocenters. The molecule has 0 unspecified atom stereocenters. The Balaban J connectivity index is 1.95. The molecule has 31 heavy (non-hydrogen) atoms. The van der Waals surface area contributed by atoms with E-state index in [9.17, 15) is 0 Å². The van der Waals surface area contributed by atoms with E-state index in [4.69, 9.17) is 0 Å². The summed E-state index contributed by atoms with van der Waals surface area (Å²) in [6.45, 7) is 6.97. The van der Waals surface area contributed by atoms with Gasteiger partial charge < -0.3 is 0 Å². The third kappa shape index (κ3) is 4.32. The van der Waals surface area contributed by atoms with Gasteiger partial charge in [-0.3, -0.25) is 0 Å². The number of hydrogen-bond donors (Lipinski definition) is 0. The Bertz CT molecular complexity index is 1020. The predicted octanol–water partition coefficient (Wildman–Crippen LogP) is 9.69. The first-order chi connectivity index (χ1) is 15.3. The lowest BCUT2D eigenvalue weighted by molar-refractivity contribution is 0.681. The van der Waals surface area contributed by atoms with Crippen LogP contribution in [0.15, 0.2) is 42.5 Å². The molecule has 0 heteroatoms. The summed E-state index contributed by atoms with van der Waals surface area (Å²) in [4.78, 5) is 0. The van der Waals surface area contributed by atoms with Gasteiger partial charge in [0.15, 0.2) is 0 Å². The van der Waals surface area contributed by atoms with Gasteiger partial charge in [-0.2, -0.15) is 0 Å². The quantitative estimate of drug-likeness (QED) is 0.203. The zero-order valence-corrected chi connectivity index (χ0v) is 20.0. The first-order valence-electron chi connectivity index (χ1n) is 13.0. The van der Waals surface area contributed by atoms with E-state index in [1.54, 1.807) is 33.0 Å². The molecule has 0 fully saturated rings. The summed E-state index contributed by atoms with van der Waals surface area (Å²) < 4.78 is 0. The van der Waals surface area contributed by atoms with Gasteiger partial charge in [-0.1, -0.05) is 102 Å². The van der Waals surface area contributed by atoms with Crippen LogP contribution in [0.3, 0.4) is 0 Å². The molecule has 1 aliphatic carbocycles. The zero-order valence-electron chi connectivity index (χ0n) is 20.0. The smallest absolute Gasteiger partial charge is 0.00206 e. The van der Waals surface area contributed by atoms with Gasteiger partial charge >= 0.3 is 0 Å². The van der Waals surface area contributed by atoms with E-state index in [0.717, 1.165) is 0 Å². The lowest BCUT2D eigenvalue weighted by Gasteiger charge is -2.22. The normalized spacial score (nSPS) is 12.0. The number of aryl methyl sites for hydroxylation is 1. The predicted molar refractivity (Wildman–Crippen MR) is 138 cm³/mol. The second-order valence-electron chi connectivity index (χ2n) is 9.46. The van der Waals surface area contributed by atoms with E-state index in [1.807, 2.05) is 0 Å². The SMILES string of the molecule is CCCCCc1c(CCCCC)c2c3c(cccc3c1CCCCC)-c1ccccc1-2. The van der Waals surface area contributed by atoms with Crippen molar-refractivity contribution in [2.24, 2.45) is 0 Å². The topological polar surface area (TPSA) is 0 Å². The van der Waals surface area contributed by atoms with Crippen molar-refractivity contribution in [1.29, 1.82) is 0 Å². The van der Waals surface area contributed by atoms with E-state index in [0.29, 0.717) is 0 Å². The third-order valence-corrected chi connectivity index (χ3v) is 7.25. The highest BCUT2D eigenvalue weighted by Gasteiger charge is 2.27. The minimum Gasteiger partial charge on any atom is -0.0654 e. The van der Waals surface area contributed by atoms with Crippen molar-refractivity contribution in [3.05, 3.63) is 59.2 Å². The molecular formula is C31H40. The van der Waals surface area contributed by atoms with Crippen molar-refractivity contribution in [2.75, 3.05) is 0 Å². The summed E-state index contributed by atoms with van der Waals surface area (Å²) in [6, 6.07) is 16.3. The third-order valence-electron chi connectivity index (χ3n) is 7.25. The number of fused-ring (bicyclic) bond motifs is 3.